The van der Waals surface area contributed by atoms with Crippen molar-refractivity contribution in [3.05, 3.63) is 12.2 Å². The van der Waals surface area contributed by atoms with Gasteiger partial charge in [0.1, 0.15) is 0 Å². The van der Waals surface area contributed by atoms with Crippen molar-refractivity contribution in [3.8, 4) is 0 Å². The van der Waals surface area contributed by atoms with Gasteiger partial charge < -0.3 is 19.9 Å². The van der Waals surface area contributed by atoms with Crippen molar-refractivity contribution in [1.29, 1.82) is 0 Å². The van der Waals surface area contributed by atoms with Crippen molar-refractivity contribution < 1.29 is 9.53 Å². The molecular formula is C13H23N3O2. The van der Waals surface area contributed by atoms with Gasteiger partial charge in [-0.3, -0.25) is 4.79 Å². The Morgan fingerprint density at radius 3 is 2.72 bits per heavy atom. The SMILES string of the molecule is CN(C)C/C=C/C(=O)NCCN1CC2(COC2)C1. The molecular weight excluding hydrogens is 230 g/mol. The highest BCUT2D eigenvalue weighted by Gasteiger charge is 2.48. The van der Waals surface area contributed by atoms with E-state index in [4.69, 9.17) is 4.74 Å². The molecule has 0 aromatic rings. The fraction of sp³-hybridized carbons (Fsp3) is 0.769. The van der Waals surface area contributed by atoms with Gasteiger partial charge in [-0.05, 0) is 14.1 Å². The van der Waals surface area contributed by atoms with Crippen LogP contribution in [0.15, 0.2) is 12.2 Å². The summed E-state index contributed by atoms with van der Waals surface area (Å²) in [6, 6.07) is 0. The number of nitrogens with zero attached hydrogens (tertiary/aromatic N) is 2. The van der Waals surface area contributed by atoms with Crippen molar-refractivity contribution in [2.24, 2.45) is 5.41 Å². The fourth-order valence-electron chi connectivity index (χ4n) is 2.40. The molecule has 0 bridgehead atoms. The Hall–Kier alpha value is -0.910. The molecule has 2 aliphatic heterocycles. The topological polar surface area (TPSA) is 44.8 Å². The summed E-state index contributed by atoms with van der Waals surface area (Å²) in [5.74, 6) is -0.000866. The summed E-state index contributed by atoms with van der Waals surface area (Å²) < 4.78 is 5.23. The molecule has 0 aliphatic carbocycles. The van der Waals surface area contributed by atoms with Crippen LogP contribution in [0.2, 0.25) is 0 Å². The zero-order valence-electron chi connectivity index (χ0n) is 11.3. The molecule has 0 aromatic carbocycles. The second kappa shape index (κ2) is 5.82. The van der Waals surface area contributed by atoms with Crippen LogP contribution < -0.4 is 5.32 Å². The van der Waals surface area contributed by atoms with Gasteiger partial charge in [-0.15, -0.1) is 0 Å². The Kier molecular flexibility index (Phi) is 4.37. The smallest absolute Gasteiger partial charge is 0.243 e. The van der Waals surface area contributed by atoms with E-state index in [-0.39, 0.29) is 5.91 Å². The Labute approximate surface area is 109 Å². The highest BCUT2D eigenvalue weighted by Crippen LogP contribution is 2.36. The van der Waals surface area contributed by atoms with E-state index in [1.807, 2.05) is 25.1 Å². The molecule has 1 amide bonds. The van der Waals surface area contributed by atoms with Crippen LogP contribution in [-0.4, -0.2) is 75.7 Å². The minimum Gasteiger partial charge on any atom is -0.380 e. The van der Waals surface area contributed by atoms with Crippen LogP contribution >= 0.6 is 0 Å². The van der Waals surface area contributed by atoms with E-state index < -0.39 is 0 Å². The largest absolute Gasteiger partial charge is 0.380 e. The minimum absolute atomic E-state index is 0.000866. The van der Waals surface area contributed by atoms with Gasteiger partial charge in [-0.2, -0.15) is 0 Å². The maximum absolute atomic E-state index is 11.5. The summed E-state index contributed by atoms with van der Waals surface area (Å²) in [6.45, 7) is 6.55. The van der Waals surface area contributed by atoms with Crippen LogP contribution in [0.3, 0.4) is 0 Å². The Balaban J connectivity index is 1.50. The molecule has 102 valence electrons. The van der Waals surface area contributed by atoms with Crippen molar-refractivity contribution in [2.75, 3.05) is 60.0 Å². The van der Waals surface area contributed by atoms with Crippen LogP contribution in [0.25, 0.3) is 0 Å². The van der Waals surface area contributed by atoms with Gasteiger partial charge in [-0.1, -0.05) is 6.08 Å². The number of carbonyl (C=O) groups excluding carboxylic acids is 1. The average molecular weight is 253 g/mol. The molecule has 2 saturated heterocycles. The predicted molar refractivity (Wildman–Crippen MR) is 70.4 cm³/mol. The summed E-state index contributed by atoms with van der Waals surface area (Å²) in [4.78, 5) is 15.8. The van der Waals surface area contributed by atoms with Gasteiger partial charge in [0.15, 0.2) is 0 Å². The molecule has 2 aliphatic rings. The van der Waals surface area contributed by atoms with E-state index in [9.17, 15) is 4.79 Å². The summed E-state index contributed by atoms with van der Waals surface area (Å²) in [7, 11) is 3.96. The number of nitrogens with one attached hydrogen (secondary N) is 1. The first-order valence-corrected chi connectivity index (χ1v) is 6.49. The molecule has 1 N–H and O–H groups in total. The van der Waals surface area contributed by atoms with Gasteiger partial charge in [0.25, 0.3) is 0 Å². The number of likely N-dealkylation sites (N-methyl/N-ethyl adjacent to an activating group) is 1. The summed E-state index contributed by atoms with van der Waals surface area (Å²) in [5, 5.41) is 2.90. The van der Waals surface area contributed by atoms with Gasteiger partial charge in [-0.25, -0.2) is 0 Å². The monoisotopic (exact) mass is 253 g/mol. The molecule has 2 fully saturated rings. The minimum atomic E-state index is -0.000866. The van der Waals surface area contributed by atoms with Gasteiger partial charge in [0, 0.05) is 44.2 Å². The van der Waals surface area contributed by atoms with Crippen LogP contribution in [0.4, 0.5) is 0 Å². The van der Waals surface area contributed by atoms with Gasteiger partial charge >= 0.3 is 0 Å². The highest BCUT2D eigenvalue weighted by atomic mass is 16.5. The second-order valence-corrected chi connectivity index (χ2v) is 5.66. The lowest BCUT2D eigenvalue weighted by molar-refractivity contribution is -0.188. The third-order valence-electron chi connectivity index (χ3n) is 3.40. The van der Waals surface area contributed by atoms with E-state index in [1.54, 1.807) is 6.08 Å². The highest BCUT2D eigenvalue weighted by molar-refractivity contribution is 5.87. The van der Waals surface area contributed by atoms with Crippen molar-refractivity contribution in [1.82, 2.24) is 15.1 Å². The van der Waals surface area contributed by atoms with Crippen molar-refractivity contribution in [3.63, 3.8) is 0 Å². The van der Waals surface area contributed by atoms with Crippen LogP contribution in [-0.2, 0) is 9.53 Å². The first kappa shape index (κ1) is 13.5. The lowest BCUT2D eigenvalue weighted by Gasteiger charge is -2.55. The standard InChI is InChI=1S/C13H23N3O2/c1-15(2)6-3-4-12(17)14-5-7-16-8-13(9-16)10-18-11-13/h3-4H,5-11H2,1-2H3,(H,14,17)/b4-3+. The molecule has 0 unspecified atom stereocenters. The molecule has 2 rings (SSSR count). The molecule has 0 radical (unpaired) electrons. The Morgan fingerprint density at radius 2 is 2.17 bits per heavy atom. The van der Waals surface area contributed by atoms with E-state index in [2.05, 4.69) is 10.2 Å². The quantitative estimate of drug-likeness (QED) is 0.651. The van der Waals surface area contributed by atoms with Crippen LogP contribution in [0, 0.1) is 5.41 Å². The number of hydrogen-bond acceptors (Lipinski definition) is 4. The first-order chi connectivity index (χ1) is 8.60. The molecule has 0 aromatic heterocycles. The lowest BCUT2D eigenvalue weighted by atomic mass is 9.78. The number of hydrogen-bond donors (Lipinski definition) is 1. The Bertz CT molecular complexity index is 316. The number of carbonyl (C=O) groups is 1. The number of ether oxygens (including phenoxy) is 1. The zero-order chi connectivity index (χ0) is 13.0. The first-order valence-electron chi connectivity index (χ1n) is 6.49. The predicted octanol–water partition coefficient (Wildman–Crippen LogP) is -0.447. The maximum atomic E-state index is 11.5. The molecule has 5 nitrogen and oxygen atoms in total. The number of likely N-dealkylation sites (tertiary alicyclic amines) is 1. The lowest BCUT2D eigenvalue weighted by Crippen LogP contribution is -2.66. The van der Waals surface area contributed by atoms with E-state index in [1.165, 1.54) is 0 Å². The molecule has 1 spiro atoms. The van der Waals surface area contributed by atoms with E-state index in [0.717, 1.165) is 45.9 Å². The molecule has 0 saturated carbocycles. The van der Waals surface area contributed by atoms with Gasteiger partial charge in [0.05, 0.1) is 13.2 Å². The molecule has 0 atom stereocenters. The fourth-order valence-corrected chi connectivity index (χ4v) is 2.40. The van der Waals surface area contributed by atoms with E-state index in [0.29, 0.717) is 5.41 Å². The molecule has 18 heavy (non-hydrogen) atoms. The number of amides is 1. The zero-order valence-corrected chi connectivity index (χ0v) is 11.3. The van der Waals surface area contributed by atoms with Crippen molar-refractivity contribution in [2.45, 2.75) is 0 Å². The summed E-state index contributed by atoms with van der Waals surface area (Å²) >= 11 is 0. The van der Waals surface area contributed by atoms with E-state index >= 15 is 0 Å². The Morgan fingerprint density at radius 1 is 1.44 bits per heavy atom. The third-order valence-corrected chi connectivity index (χ3v) is 3.40. The molecule has 2 heterocycles. The summed E-state index contributed by atoms with van der Waals surface area (Å²) in [6.07, 6.45) is 3.48. The van der Waals surface area contributed by atoms with Crippen molar-refractivity contribution >= 4 is 5.91 Å². The molecule has 5 heteroatoms. The normalized spacial score (nSPS) is 22.2. The summed E-state index contributed by atoms with van der Waals surface area (Å²) in [5.41, 5.74) is 0.468. The maximum Gasteiger partial charge on any atom is 0.243 e. The second-order valence-electron chi connectivity index (χ2n) is 5.66. The van der Waals surface area contributed by atoms with Crippen LogP contribution in [0.5, 0.6) is 0 Å². The van der Waals surface area contributed by atoms with Gasteiger partial charge in [0.2, 0.25) is 5.91 Å². The average Bonchev–Trinajstić information content (AvgIpc) is 2.18. The third kappa shape index (κ3) is 3.54. The number of rotatable bonds is 6. The van der Waals surface area contributed by atoms with Crippen LogP contribution in [0.1, 0.15) is 0 Å².